The van der Waals surface area contributed by atoms with Crippen LogP contribution in [0.2, 0.25) is 0 Å². The first-order valence-corrected chi connectivity index (χ1v) is 7.29. The number of aryl methyl sites for hydroxylation is 1. The minimum atomic E-state index is 0.354. The summed E-state index contributed by atoms with van der Waals surface area (Å²) in [6.07, 6.45) is 0. The topological polar surface area (TPSA) is 59.9 Å². The molecule has 0 aromatic carbocycles. The van der Waals surface area contributed by atoms with Gasteiger partial charge in [0.05, 0.1) is 22.2 Å². The summed E-state index contributed by atoms with van der Waals surface area (Å²) in [5.74, 6) is 0. The maximum atomic E-state index is 5.16. The molecule has 0 spiro atoms. The highest BCUT2D eigenvalue weighted by Gasteiger charge is 2.15. The van der Waals surface area contributed by atoms with Crippen LogP contribution in [0.3, 0.4) is 0 Å². The number of ether oxygens (including phenoxy) is 1. The second-order valence-corrected chi connectivity index (χ2v) is 6.33. The smallest absolute Gasteiger partial charge is 0.206 e. The highest BCUT2D eigenvalue weighted by atomic mass is 32.1. The van der Waals surface area contributed by atoms with Gasteiger partial charge in [0, 0.05) is 13.2 Å². The summed E-state index contributed by atoms with van der Waals surface area (Å²) >= 11 is 3.18. The van der Waals surface area contributed by atoms with Crippen molar-refractivity contribution in [2.75, 3.05) is 12.4 Å². The molecular weight excluding hydrogens is 268 g/mol. The molecule has 5 nitrogen and oxygen atoms in total. The number of anilines is 1. The van der Waals surface area contributed by atoms with E-state index in [0.717, 1.165) is 25.7 Å². The van der Waals surface area contributed by atoms with Crippen molar-refractivity contribution < 1.29 is 4.74 Å². The van der Waals surface area contributed by atoms with Crippen molar-refractivity contribution >= 4 is 27.8 Å². The predicted molar refractivity (Wildman–Crippen MR) is 75.2 cm³/mol. The summed E-state index contributed by atoms with van der Waals surface area (Å²) in [6.45, 7) is 6.65. The van der Waals surface area contributed by atoms with Crippen molar-refractivity contribution in [1.29, 1.82) is 0 Å². The number of thiazole rings is 1. The summed E-state index contributed by atoms with van der Waals surface area (Å²) < 4.78 is 5.16. The van der Waals surface area contributed by atoms with Crippen LogP contribution in [0.1, 0.15) is 24.5 Å². The quantitative estimate of drug-likeness (QED) is 0.914. The van der Waals surface area contributed by atoms with Gasteiger partial charge in [0.1, 0.15) is 0 Å². The Morgan fingerprint density at radius 3 is 2.72 bits per heavy atom. The van der Waals surface area contributed by atoms with Gasteiger partial charge in [-0.1, -0.05) is 11.3 Å². The lowest BCUT2D eigenvalue weighted by Gasteiger charge is -2.03. The van der Waals surface area contributed by atoms with E-state index in [1.807, 2.05) is 6.92 Å². The monoisotopic (exact) mass is 284 g/mol. The van der Waals surface area contributed by atoms with E-state index in [9.17, 15) is 0 Å². The van der Waals surface area contributed by atoms with Crippen molar-refractivity contribution in [3.8, 4) is 9.88 Å². The molecule has 0 bridgehead atoms. The van der Waals surface area contributed by atoms with Crippen molar-refractivity contribution in [1.82, 2.24) is 15.2 Å². The molecule has 1 N–H and O–H groups in total. The van der Waals surface area contributed by atoms with Gasteiger partial charge in [-0.15, -0.1) is 21.5 Å². The number of aromatic nitrogens is 3. The van der Waals surface area contributed by atoms with Gasteiger partial charge in [0.15, 0.2) is 5.01 Å². The number of methoxy groups -OCH3 is 1. The number of hydrogen-bond donors (Lipinski definition) is 1. The van der Waals surface area contributed by atoms with Gasteiger partial charge in [-0.05, 0) is 20.8 Å². The zero-order chi connectivity index (χ0) is 13.1. The van der Waals surface area contributed by atoms with Crippen LogP contribution in [-0.4, -0.2) is 28.3 Å². The van der Waals surface area contributed by atoms with E-state index in [1.165, 1.54) is 0 Å². The molecule has 2 aromatic rings. The lowest BCUT2D eigenvalue weighted by molar-refractivity contribution is 0.182. The summed E-state index contributed by atoms with van der Waals surface area (Å²) in [5, 5.41) is 14.4. The summed E-state index contributed by atoms with van der Waals surface area (Å²) in [7, 11) is 1.67. The SMILES string of the molecule is COCc1nc(C)sc1-c1nnc(NC(C)C)s1. The maximum absolute atomic E-state index is 5.16. The van der Waals surface area contributed by atoms with Gasteiger partial charge in [-0.2, -0.15) is 0 Å². The third-order valence-electron chi connectivity index (χ3n) is 2.12. The average molecular weight is 284 g/mol. The van der Waals surface area contributed by atoms with Crippen LogP contribution in [0, 0.1) is 6.92 Å². The van der Waals surface area contributed by atoms with E-state index in [2.05, 4.69) is 34.3 Å². The largest absolute Gasteiger partial charge is 0.378 e. The molecule has 98 valence electrons. The number of rotatable bonds is 5. The third kappa shape index (κ3) is 3.04. The lowest BCUT2D eigenvalue weighted by Crippen LogP contribution is -2.08. The summed E-state index contributed by atoms with van der Waals surface area (Å²) in [6, 6.07) is 0.354. The molecule has 2 heterocycles. The molecule has 0 unspecified atom stereocenters. The van der Waals surface area contributed by atoms with Crippen molar-refractivity contribution in [3.05, 3.63) is 10.7 Å². The van der Waals surface area contributed by atoms with Crippen LogP contribution in [-0.2, 0) is 11.3 Å². The molecule has 0 radical (unpaired) electrons. The minimum Gasteiger partial charge on any atom is -0.378 e. The molecule has 0 amide bonds. The molecule has 0 aliphatic rings. The summed E-state index contributed by atoms with van der Waals surface area (Å²) in [4.78, 5) is 5.52. The highest BCUT2D eigenvalue weighted by Crippen LogP contribution is 2.34. The first-order chi connectivity index (χ1) is 8.60. The number of nitrogens with zero attached hydrogens (tertiary/aromatic N) is 3. The van der Waals surface area contributed by atoms with Crippen LogP contribution < -0.4 is 5.32 Å². The number of hydrogen-bond acceptors (Lipinski definition) is 7. The van der Waals surface area contributed by atoms with E-state index in [1.54, 1.807) is 29.8 Å². The second kappa shape index (κ2) is 5.73. The standard InChI is InChI=1S/C11H16N4OS2/c1-6(2)12-11-15-14-10(18-11)9-8(5-16-4)13-7(3)17-9/h6H,5H2,1-4H3,(H,12,15). The fraction of sp³-hybridized carbons (Fsp3) is 0.545. The van der Waals surface area contributed by atoms with Gasteiger partial charge in [0.2, 0.25) is 5.13 Å². The van der Waals surface area contributed by atoms with Crippen LogP contribution >= 0.6 is 22.7 Å². The molecule has 0 aliphatic heterocycles. The molecular formula is C11H16N4OS2. The fourth-order valence-corrected chi connectivity index (χ4v) is 3.40. The third-order valence-corrected chi connectivity index (χ3v) is 4.14. The Kier molecular flexibility index (Phi) is 4.26. The van der Waals surface area contributed by atoms with E-state index >= 15 is 0 Å². The molecule has 2 aromatic heterocycles. The Morgan fingerprint density at radius 1 is 1.28 bits per heavy atom. The molecule has 2 rings (SSSR count). The minimum absolute atomic E-state index is 0.354. The van der Waals surface area contributed by atoms with Crippen molar-refractivity contribution in [3.63, 3.8) is 0 Å². The van der Waals surface area contributed by atoms with Gasteiger partial charge in [-0.3, -0.25) is 0 Å². The lowest BCUT2D eigenvalue weighted by atomic mass is 10.4. The average Bonchev–Trinajstić information content (AvgIpc) is 2.85. The normalized spacial score (nSPS) is 11.2. The zero-order valence-electron chi connectivity index (χ0n) is 10.9. The van der Waals surface area contributed by atoms with Gasteiger partial charge in [0.25, 0.3) is 0 Å². The van der Waals surface area contributed by atoms with Crippen LogP contribution in [0.4, 0.5) is 5.13 Å². The van der Waals surface area contributed by atoms with E-state index in [4.69, 9.17) is 4.74 Å². The Balaban J connectivity index is 2.27. The summed E-state index contributed by atoms with van der Waals surface area (Å²) in [5.41, 5.74) is 0.937. The van der Waals surface area contributed by atoms with Crippen LogP contribution in [0.15, 0.2) is 0 Å². The van der Waals surface area contributed by atoms with Gasteiger partial charge < -0.3 is 10.1 Å². The van der Waals surface area contributed by atoms with Crippen molar-refractivity contribution in [2.24, 2.45) is 0 Å². The number of nitrogens with one attached hydrogen (secondary N) is 1. The Hall–Kier alpha value is -1.05. The van der Waals surface area contributed by atoms with E-state index < -0.39 is 0 Å². The Morgan fingerprint density at radius 2 is 2.06 bits per heavy atom. The predicted octanol–water partition coefficient (Wildman–Crippen LogP) is 2.94. The molecule has 0 atom stereocenters. The second-order valence-electron chi connectivity index (χ2n) is 4.15. The first-order valence-electron chi connectivity index (χ1n) is 5.65. The molecule has 0 fully saturated rings. The Labute approximate surface area is 114 Å². The Bertz CT molecular complexity index is 521. The van der Waals surface area contributed by atoms with Crippen LogP contribution in [0.5, 0.6) is 0 Å². The molecule has 18 heavy (non-hydrogen) atoms. The van der Waals surface area contributed by atoms with Gasteiger partial charge >= 0.3 is 0 Å². The van der Waals surface area contributed by atoms with Crippen LogP contribution in [0.25, 0.3) is 9.88 Å². The molecule has 0 aliphatic carbocycles. The maximum Gasteiger partial charge on any atom is 0.206 e. The van der Waals surface area contributed by atoms with E-state index in [-0.39, 0.29) is 0 Å². The van der Waals surface area contributed by atoms with Gasteiger partial charge in [-0.25, -0.2) is 4.98 Å². The first kappa shape index (κ1) is 13.4. The molecule has 0 saturated heterocycles. The van der Waals surface area contributed by atoms with E-state index in [0.29, 0.717) is 12.6 Å². The molecule has 0 saturated carbocycles. The van der Waals surface area contributed by atoms with Crippen molar-refractivity contribution in [2.45, 2.75) is 33.4 Å². The zero-order valence-corrected chi connectivity index (χ0v) is 12.5. The molecule has 7 heteroatoms. The highest BCUT2D eigenvalue weighted by molar-refractivity contribution is 7.23. The fourth-order valence-electron chi connectivity index (χ4n) is 1.49.